The highest BCUT2D eigenvalue weighted by molar-refractivity contribution is 6.35. The molecule has 0 heterocycles. The monoisotopic (exact) mass is 241 g/mol. The Labute approximate surface area is 95.2 Å². The molecule has 1 N–H and O–H groups in total. The van der Waals surface area contributed by atoms with Crippen LogP contribution in [0.4, 0.5) is 0 Å². The summed E-state index contributed by atoms with van der Waals surface area (Å²) in [5.41, 5.74) is -1.17. The molecular weight excluding hydrogens is 225 g/mol. The predicted octanol–water partition coefficient (Wildman–Crippen LogP) is 3.41. The van der Waals surface area contributed by atoms with E-state index in [4.69, 9.17) is 28.7 Å². The van der Waals surface area contributed by atoms with Crippen LogP contribution in [0.1, 0.15) is 46.0 Å². The lowest BCUT2D eigenvalue weighted by Crippen LogP contribution is -2.43. The van der Waals surface area contributed by atoms with E-state index in [0.717, 1.165) is 29.6 Å². The van der Waals surface area contributed by atoms with Gasteiger partial charge in [0.05, 0.1) is 0 Å². The summed E-state index contributed by atoms with van der Waals surface area (Å²) in [5, 5.41) is 8.95. The van der Waals surface area contributed by atoms with E-state index < -0.39 is 11.5 Å². The average molecular weight is 242 g/mol. The van der Waals surface area contributed by atoms with E-state index in [1.165, 1.54) is 6.92 Å². The Kier molecular flexibility index (Phi) is 6.49. The lowest BCUT2D eigenvalue weighted by molar-refractivity contribution is -0.145. The third-order valence-corrected chi connectivity index (χ3v) is 3.10. The molecule has 0 radical (unpaired) electrons. The molecule has 14 heavy (non-hydrogen) atoms. The maximum Gasteiger partial charge on any atom is 0.326 e. The normalized spacial score (nSPS) is 15.5. The molecule has 1 unspecified atom stereocenters. The zero-order valence-corrected chi connectivity index (χ0v) is 10.1. The maximum atomic E-state index is 10.9. The number of nitrogens with zero attached hydrogens (tertiary/aromatic N) is 1. The van der Waals surface area contributed by atoms with Crippen LogP contribution in [0.2, 0.25) is 0 Å². The predicted molar refractivity (Wildman–Crippen MR) is 58.3 cm³/mol. The van der Waals surface area contributed by atoms with Crippen LogP contribution in [0.15, 0.2) is 0 Å². The lowest BCUT2D eigenvalue weighted by Gasteiger charge is -2.27. The van der Waals surface area contributed by atoms with E-state index in [9.17, 15) is 4.79 Å². The third kappa shape index (κ3) is 4.03. The first kappa shape index (κ1) is 14.0. The number of unbranched alkanes of at least 4 members (excludes halogenated alkanes) is 3. The van der Waals surface area contributed by atoms with Gasteiger partial charge in [-0.1, -0.05) is 32.6 Å². The van der Waals surface area contributed by atoms with Crippen LogP contribution in [0, 0.1) is 0 Å². The van der Waals surface area contributed by atoms with Gasteiger partial charge in [-0.2, -0.15) is 0 Å². The van der Waals surface area contributed by atoms with Crippen molar-refractivity contribution < 1.29 is 9.90 Å². The zero-order valence-electron chi connectivity index (χ0n) is 8.59. The highest BCUT2D eigenvalue weighted by atomic mass is 35.5. The SMILES string of the molecule is CCCCCCC(C)(C(=O)O)N(Cl)Cl. The minimum atomic E-state index is -1.17. The van der Waals surface area contributed by atoms with Crippen molar-refractivity contribution in [3.63, 3.8) is 0 Å². The number of halogens is 2. The summed E-state index contributed by atoms with van der Waals surface area (Å²) in [6, 6.07) is 0. The van der Waals surface area contributed by atoms with E-state index in [0.29, 0.717) is 6.42 Å². The van der Waals surface area contributed by atoms with E-state index in [2.05, 4.69) is 6.92 Å². The molecule has 0 aromatic rings. The second-order valence-corrected chi connectivity index (χ2v) is 4.47. The molecule has 0 bridgehead atoms. The second kappa shape index (κ2) is 6.49. The van der Waals surface area contributed by atoms with E-state index in [1.54, 1.807) is 0 Å². The second-order valence-electron chi connectivity index (χ2n) is 3.62. The van der Waals surface area contributed by atoms with E-state index >= 15 is 0 Å². The molecule has 0 saturated carbocycles. The van der Waals surface area contributed by atoms with Gasteiger partial charge in [-0.3, -0.25) is 4.79 Å². The van der Waals surface area contributed by atoms with Crippen LogP contribution in [0.25, 0.3) is 0 Å². The molecule has 0 aliphatic rings. The highest BCUT2D eigenvalue weighted by Gasteiger charge is 2.38. The molecule has 84 valence electrons. The Morgan fingerprint density at radius 1 is 1.36 bits per heavy atom. The van der Waals surface area contributed by atoms with Gasteiger partial charge in [0, 0.05) is 0 Å². The van der Waals surface area contributed by atoms with Crippen LogP contribution in [0.3, 0.4) is 0 Å². The number of carbonyl (C=O) groups is 1. The Morgan fingerprint density at radius 3 is 2.29 bits per heavy atom. The molecule has 0 aliphatic carbocycles. The molecule has 1 atom stereocenters. The van der Waals surface area contributed by atoms with Gasteiger partial charge in [-0.25, -0.2) is 0 Å². The largest absolute Gasteiger partial charge is 0.480 e. The summed E-state index contributed by atoms with van der Waals surface area (Å²) in [5.74, 6) is -0.987. The summed E-state index contributed by atoms with van der Waals surface area (Å²) in [7, 11) is 0. The highest BCUT2D eigenvalue weighted by Crippen LogP contribution is 2.27. The molecule has 0 spiro atoms. The van der Waals surface area contributed by atoms with E-state index in [1.807, 2.05) is 0 Å². The average Bonchev–Trinajstić information content (AvgIpc) is 2.11. The fraction of sp³-hybridized carbons (Fsp3) is 0.889. The fourth-order valence-corrected chi connectivity index (χ4v) is 1.47. The van der Waals surface area contributed by atoms with Crippen molar-refractivity contribution in [2.24, 2.45) is 0 Å². The zero-order chi connectivity index (χ0) is 11.2. The molecule has 0 aromatic carbocycles. The van der Waals surface area contributed by atoms with Gasteiger partial charge >= 0.3 is 5.97 Å². The van der Waals surface area contributed by atoms with Crippen molar-refractivity contribution in [2.45, 2.75) is 51.5 Å². The van der Waals surface area contributed by atoms with E-state index in [-0.39, 0.29) is 0 Å². The molecule has 0 rings (SSSR count). The molecule has 0 aromatic heterocycles. The fourth-order valence-electron chi connectivity index (χ4n) is 1.16. The minimum absolute atomic E-state index is 0.468. The summed E-state index contributed by atoms with van der Waals surface area (Å²) in [4.78, 5) is 10.9. The molecule has 0 amide bonds. The first-order valence-corrected chi connectivity index (χ1v) is 5.48. The van der Waals surface area contributed by atoms with Crippen LogP contribution in [-0.4, -0.2) is 20.6 Å². The molecular formula is C9H17Cl2NO2. The van der Waals surface area contributed by atoms with Crippen molar-refractivity contribution in [3.05, 3.63) is 0 Å². The van der Waals surface area contributed by atoms with Crippen molar-refractivity contribution in [2.75, 3.05) is 0 Å². The van der Waals surface area contributed by atoms with Gasteiger partial charge in [0.25, 0.3) is 0 Å². The van der Waals surface area contributed by atoms with Crippen LogP contribution < -0.4 is 0 Å². The van der Waals surface area contributed by atoms with Crippen molar-refractivity contribution in [1.82, 2.24) is 3.94 Å². The van der Waals surface area contributed by atoms with Gasteiger partial charge in [-0.05, 0) is 36.9 Å². The Morgan fingerprint density at radius 2 is 1.93 bits per heavy atom. The standard InChI is InChI=1S/C9H17Cl2NO2/c1-3-4-5-6-7-9(2,8(13)14)12(10)11/h3-7H2,1-2H3,(H,13,14). The molecule has 3 nitrogen and oxygen atoms in total. The summed E-state index contributed by atoms with van der Waals surface area (Å²) in [6.07, 6.45) is 4.54. The lowest BCUT2D eigenvalue weighted by atomic mass is 9.95. The first-order chi connectivity index (χ1) is 6.45. The number of aliphatic carboxylic acids is 1. The van der Waals surface area contributed by atoms with Crippen molar-refractivity contribution in [1.29, 1.82) is 0 Å². The van der Waals surface area contributed by atoms with Crippen LogP contribution >= 0.6 is 23.6 Å². The third-order valence-electron chi connectivity index (χ3n) is 2.35. The number of hydrogen-bond acceptors (Lipinski definition) is 2. The smallest absolute Gasteiger partial charge is 0.326 e. The minimum Gasteiger partial charge on any atom is -0.480 e. The van der Waals surface area contributed by atoms with Crippen LogP contribution in [-0.2, 0) is 4.79 Å². The Balaban J connectivity index is 4.05. The molecule has 0 aliphatic heterocycles. The number of rotatable bonds is 7. The number of carboxylic acid groups (broad SMARTS) is 1. The number of carboxylic acids is 1. The Bertz CT molecular complexity index is 188. The number of hydrogen-bond donors (Lipinski definition) is 1. The first-order valence-electron chi connectivity index (χ1n) is 4.80. The van der Waals surface area contributed by atoms with Gasteiger partial charge in [-0.15, -0.1) is 3.94 Å². The molecule has 0 saturated heterocycles. The van der Waals surface area contributed by atoms with Crippen molar-refractivity contribution in [3.8, 4) is 0 Å². The van der Waals surface area contributed by atoms with Gasteiger partial charge < -0.3 is 5.11 Å². The summed E-state index contributed by atoms with van der Waals surface area (Å²) >= 11 is 11.0. The summed E-state index contributed by atoms with van der Waals surface area (Å²) < 4.78 is 0.737. The summed E-state index contributed by atoms with van der Waals surface area (Å²) in [6.45, 7) is 3.63. The van der Waals surface area contributed by atoms with Crippen molar-refractivity contribution >= 4 is 29.5 Å². The maximum absolute atomic E-state index is 10.9. The van der Waals surface area contributed by atoms with Gasteiger partial charge in [0.1, 0.15) is 5.54 Å². The molecule has 0 fully saturated rings. The molecule has 5 heteroatoms. The Hall–Kier alpha value is 0.01000. The topological polar surface area (TPSA) is 40.5 Å². The quantitative estimate of drug-likeness (QED) is 0.549. The van der Waals surface area contributed by atoms with Crippen LogP contribution in [0.5, 0.6) is 0 Å². The van der Waals surface area contributed by atoms with Gasteiger partial charge in [0.15, 0.2) is 0 Å². The van der Waals surface area contributed by atoms with Gasteiger partial charge in [0.2, 0.25) is 0 Å².